The molecule has 0 amide bonds. The van der Waals surface area contributed by atoms with E-state index >= 15 is 0 Å². The maximum atomic E-state index is 8.89. The second-order valence-corrected chi connectivity index (χ2v) is 4.78. The van der Waals surface area contributed by atoms with Gasteiger partial charge in [0.2, 0.25) is 0 Å². The number of ether oxygens (including phenoxy) is 2. The van der Waals surface area contributed by atoms with E-state index in [0.29, 0.717) is 17.1 Å². The van der Waals surface area contributed by atoms with Crippen molar-refractivity contribution in [2.75, 3.05) is 7.11 Å². The molecule has 0 saturated carbocycles. The van der Waals surface area contributed by atoms with Crippen LogP contribution in [0, 0.1) is 14.9 Å². The molecule has 0 saturated heterocycles. The van der Waals surface area contributed by atoms with E-state index in [1.54, 1.807) is 25.3 Å². The lowest BCUT2D eigenvalue weighted by Crippen LogP contribution is -1.91. The Morgan fingerprint density at radius 3 is 2.61 bits per heavy atom. The van der Waals surface area contributed by atoms with Crippen LogP contribution in [0.1, 0.15) is 5.56 Å². The molecule has 0 bridgehead atoms. The Morgan fingerprint density at radius 2 is 1.94 bits per heavy atom. The first-order valence-corrected chi connectivity index (χ1v) is 6.32. The Labute approximate surface area is 119 Å². The zero-order valence-electron chi connectivity index (χ0n) is 9.68. The minimum atomic E-state index is 0.538. The Balaban J connectivity index is 2.36. The summed E-state index contributed by atoms with van der Waals surface area (Å²) in [5.74, 6) is 1.86. The summed E-state index contributed by atoms with van der Waals surface area (Å²) in [6, 6.07) is 14.8. The van der Waals surface area contributed by atoms with Crippen molar-refractivity contribution in [1.29, 1.82) is 5.26 Å². The van der Waals surface area contributed by atoms with E-state index in [1.165, 1.54) is 0 Å². The highest BCUT2D eigenvalue weighted by atomic mass is 127. The van der Waals surface area contributed by atoms with E-state index in [4.69, 9.17) is 14.7 Å². The first-order valence-electron chi connectivity index (χ1n) is 5.24. The van der Waals surface area contributed by atoms with Gasteiger partial charge in [-0.1, -0.05) is 6.07 Å². The standard InChI is InChI=1S/C14H10INO2/c1-17-13-6-5-10(9-16)7-14(13)18-12-4-2-3-11(15)8-12/h2-8H,1H3. The SMILES string of the molecule is COc1ccc(C#N)cc1Oc1cccc(I)c1. The van der Waals surface area contributed by atoms with Crippen LogP contribution in [-0.4, -0.2) is 7.11 Å². The van der Waals surface area contributed by atoms with Crippen molar-refractivity contribution in [2.24, 2.45) is 0 Å². The summed E-state index contributed by atoms with van der Waals surface area (Å²) in [7, 11) is 1.57. The number of methoxy groups -OCH3 is 1. The quantitative estimate of drug-likeness (QED) is 0.786. The van der Waals surface area contributed by atoms with E-state index < -0.39 is 0 Å². The average Bonchev–Trinajstić information content (AvgIpc) is 2.38. The first kappa shape index (κ1) is 12.7. The molecule has 2 rings (SSSR count). The van der Waals surface area contributed by atoms with Crippen molar-refractivity contribution in [3.05, 3.63) is 51.6 Å². The van der Waals surface area contributed by atoms with Crippen molar-refractivity contribution < 1.29 is 9.47 Å². The fourth-order valence-electron chi connectivity index (χ4n) is 1.48. The van der Waals surface area contributed by atoms with Crippen LogP contribution in [0.4, 0.5) is 0 Å². The summed E-state index contributed by atoms with van der Waals surface area (Å²) in [6.45, 7) is 0. The normalized spacial score (nSPS) is 9.61. The van der Waals surface area contributed by atoms with Crippen LogP contribution in [0.5, 0.6) is 17.2 Å². The van der Waals surface area contributed by atoms with Crippen LogP contribution in [-0.2, 0) is 0 Å². The third-order valence-electron chi connectivity index (χ3n) is 2.32. The molecule has 0 fully saturated rings. The molecule has 0 radical (unpaired) electrons. The van der Waals surface area contributed by atoms with Gasteiger partial charge in [-0.2, -0.15) is 5.26 Å². The van der Waals surface area contributed by atoms with Crippen molar-refractivity contribution in [1.82, 2.24) is 0 Å². The highest BCUT2D eigenvalue weighted by Gasteiger charge is 2.07. The lowest BCUT2D eigenvalue weighted by atomic mass is 10.2. The summed E-state index contributed by atoms with van der Waals surface area (Å²) in [4.78, 5) is 0. The van der Waals surface area contributed by atoms with Crippen LogP contribution in [0.3, 0.4) is 0 Å². The van der Waals surface area contributed by atoms with E-state index in [-0.39, 0.29) is 0 Å². The lowest BCUT2D eigenvalue weighted by molar-refractivity contribution is 0.378. The molecule has 0 aliphatic heterocycles. The summed E-state index contributed by atoms with van der Waals surface area (Å²) in [5, 5.41) is 8.89. The van der Waals surface area contributed by atoms with E-state index in [2.05, 4.69) is 28.7 Å². The molecule has 0 spiro atoms. The minimum Gasteiger partial charge on any atom is -0.493 e. The molecule has 4 heteroatoms. The number of nitrogens with zero attached hydrogens (tertiary/aromatic N) is 1. The van der Waals surface area contributed by atoms with Gasteiger partial charge in [-0.05, 0) is 52.9 Å². The van der Waals surface area contributed by atoms with Gasteiger partial charge in [0.25, 0.3) is 0 Å². The highest BCUT2D eigenvalue weighted by Crippen LogP contribution is 2.32. The van der Waals surface area contributed by atoms with Gasteiger partial charge in [-0.3, -0.25) is 0 Å². The van der Waals surface area contributed by atoms with Crippen molar-refractivity contribution >= 4 is 22.6 Å². The molecule has 90 valence electrons. The summed E-state index contributed by atoms with van der Waals surface area (Å²) in [5.41, 5.74) is 0.538. The van der Waals surface area contributed by atoms with Crippen LogP contribution >= 0.6 is 22.6 Å². The van der Waals surface area contributed by atoms with Gasteiger partial charge < -0.3 is 9.47 Å². The van der Waals surface area contributed by atoms with Crippen LogP contribution in [0.15, 0.2) is 42.5 Å². The molecule has 0 aliphatic rings. The Morgan fingerprint density at radius 1 is 1.11 bits per heavy atom. The molecule has 0 unspecified atom stereocenters. The summed E-state index contributed by atoms with van der Waals surface area (Å²) >= 11 is 2.22. The number of nitriles is 1. The van der Waals surface area contributed by atoms with Crippen LogP contribution < -0.4 is 9.47 Å². The van der Waals surface area contributed by atoms with Crippen molar-refractivity contribution in [3.8, 4) is 23.3 Å². The minimum absolute atomic E-state index is 0.538. The predicted molar refractivity (Wildman–Crippen MR) is 76.9 cm³/mol. The second kappa shape index (κ2) is 5.74. The van der Waals surface area contributed by atoms with Gasteiger partial charge in [0.05, 0.1) is 18.7 Å². The zero-order valence-corrected chi connectivity index (χ0v) is 11.8. The molecular formula is C14H10INO2. The molecule has 3 nitrogen and oxygen atoms in total. The van der Waals surface area contributed by atoms with Crippen molar-refractivity contribution in [2.45, 2.75) is 0 Å². The van der Waals surface area contributed by atoms with E-state index in [9.17, 15) is 0 Å². The molecule has 2 aromatic carbocycles. The van der Waals surface area contributed by atoms with Gasteiger partial charge in [0, 0.05) is 9.64 Å². The Kier molecular flexibility index (Phi) is 4.05. The maximum Gasteiger partial charge on any atom is 0.170 e. The maximum absolute atomic E-state index is 8.89. The topological polar surface area (TPSA) is 42.2 Å². The number of hydrogen-bond donors (Lipinski definition) is 0. The molecule has 18 heavy (non-hydrogen) atoms. The average molecular weight is 351 g/mol. The predicted octanol–water partition coefficient (Wildman–Crippen LogP) is 3.96. The molecular weight excluding hydrogens is 341 g/mol. The number of hydrogen-bond acceptors (Lipinski definition) is 3. The summed E-state index contributed by atoms with van der Waals surface area (Å²) < 4.78 is 12.0. The molecule has 2 aromatic rings. The molecule has 0 aliphatic carbocycles. The van der Waals surface area contributed by atoms with Crippen LogP contribution in [0.25, 0.3) is 0 Å². The number of rotatable bonds is 3. The number of halogens is 1. The Hall–Kier alpha value is -1.74. The first-order chi connectivity index (χ1) is 8.72. The second-order valence-electron chi connectivity index (χ2n) is 3.54. The molecule has 0 heterocycles. The van der Waals surface area contributed by atoms with Gasteiger partial charge in [-0.15, -0.1) is 0 Å². The van der Waals surface area contributed by atoms with Crippen LogP contribution in [0.2, 0.25) is 0 Å². The third kappa shape index (κ3) is 2.93. The molecule has 0 atom stereocenters. The van der Waals surface area contributed by atoms with Gasteiger partial charge >= 0.3 is 0 Å². The monoisotopic (exact) mass is 351 g/mol. The lowest BCUT2D eigenvalue weighted by Gasteiger charge is -2.10. The van der Waals surface area contributed by atoms with Crippen molar-refractivity contribution in [3.63, 3.8) is 0 Å². The summed E-state index contributed by atoms with van der Waals surface area (Å²) in [6.07, 6.45) is 0. The largest absolute Gasteiger partial charge is 0.493 e. The zero-order chi connectivity index (χ0) is 13.0. The van der Waals surface area contributed by atoms with Gasteiger partial charge in [-0.25, -0.2) is 0 Å². The smallest absolute Gasteiger partial charge is 0.170 e. The van der Waals surface area contributed by atoms with E-state index in [1.807, 2.05) is 24.3 Å². The fourth-order valence-corrected chi connectivity index (χ4v) is 2.00. The third-order valence-corrected chi connectivity index (χ3v) is 2.99. The van der Waals surface area contributed by atoms with E-state index in [0.717, 1.165) is 9.32 Å². The highest BCUT2D eigenvalue weighted by molar-refractivity contribution is 14.1. The molecule has 0 N–H and O–H groups in total. The fraction of sp³-hybridized carbons (Fsp3) is 0.0714. The number of benzene rings is 2. The van der Waals surface area contributed by atoms with Gasteiger partial charge in [0.1, 0.15) is 5.75 Å². The van der Waals surface area contributed by atoms with Gasteiger partial charge in [0.15, 0.2) is 11.5 Å². The Bertz CT molecular complexity index is 605. The molecule has 0 aromatic heterocycles.